The Morgan fingerprint density at radius 2 is 1.64 bits per heavy atom. The molecule has 47 heavy (non-hydrogen) atoms. The van der Waals surface area contributed by atoms with Crippen LogP contribution < -0.4 is 4.74 Å². The molecule has 2 saturated carbocycles. The van der Waals surface area contributed by atoms with Crippen molar-refractivity contribution in [3.63, 3.8) is 0 Å². The lowest BCUT2D eigenvalue weighted by Gasteiger charge is -2.52. The summed E-state index contributed by atoms with van der Waals surface area (Å²) in [7, 11) is 2.77. The summed E-state index contributed by atoms with van der Waals surface area (Å²) in [6.45, 7) is 0.384. The molecule has 0 bridgehead atoms. The normalized spacial score (nSPS) is 26.8. The van der Waals surface area contributed by atoms with Crippen molar-refractivity contribution >= 4 is 5.91 Å². The lowest BCUT2D eigenvalue weighted by molar-refractivity contribution is -0.457. The first-order valence-electron chi connectivity index (χ1n) is 16.4. The standard InChI is InChI=1S/C32H43F9N2O4/c1-28-13-12-23-22-9-7-21(46-16-5-15-45-4)18-20(22)6-8-24(23)25(28)10-11-26(28)43(3)27(44)19-42(2)14-17-47-29(30(33,34)35,31(36,37)38)32(39,40)41/h7,9,18,23-26H,5-6,8,10-17,19H2,1-4H3/t23?,24?,25?,26-,28-/m0/s1/i4D. The molecule has 0 heterocycles. The molecular weight excluding hydrogens is 647 g/mol. The van der Waals surface area contributed by atoms with Crippen molar-refractivity contribution in [2.45, 2.75) is 88.0 Å². The number of benzene rings is 1. The molecule has 2 fully saturated rings. The highest BCUT2D eigenvalue weighted by atomic mass is 19.4. The highest BCUT2D eigenvalue weighted by Crippen LogP contribution is 2.62. The molecule has 0 spiro atoms. The molecule has 3 unspecified atom stereocenters. The minimum atomic E-state index is -6.80. The van der Waals surface area contributed by atoms with Gasteiger partial charge in [-0.1, -0.05) is 13.0 Å². The number of carbonyl (C=O) groups excluding carboxylic acids is 1. The van der Waals surface area contributed by atoms with Crippen LogP contribution in [0.25, 0.3) is 0 Å². The zero-order valence-corrected chi connectivity index (χ0v) is 26.7. The number of carbonyl (C=O) groups is 1. The molecule has 6 nitrogen and oxygen atoms in total. The van der Waals surface area contributed by atoms with E-state index in [-0.39, 0.29) is 18.5 Å². The smallest absolute Gasteiger partial charge is 0.435 e. The number of aryl methyl sites for hydroxylation is 1. The summed E-state index contributed by atoms with van der Waals surface area (Å²) in [4.78, 5) is 15.9. The van der Waals surface area contributed by atoms with E-state index < -0.39 is 49.7 Å². The Bertz CT molecular complexity index is 1230. The average molecular weight is 692 g/mol. The van der Waals surface area contributed by atoms with Gasteiger partial charge in [-0.2, -0.15) is 39.5 Å². The van der Waals surface area contributed by atoms with Crippen molar-refractivity contribution in [2.24, 2.45) is 17.3 Å². The van der Waals surface area contributed by atoms with Crippen molar-refractivity contribution < 1.29 is 59.9 Å². The maximum atomic E-state index is 13.3. The number of fused-ring (bicyclic) bond motifs is 5. The van der Waals surface area contributed by atoms with Crippen molar-refractivity contribution in [2.75, 3.05) is 54.1 Å². The minimum Gasteiger partial charge on any atom is -0.493 e. The first kappa shape index (κ1) is 36.0. The Labute approximate surface area is 270 Å². The third kappa shape index (κ3) is 7.22. The van der Waals surface area contributed by atoms with Gasteiger partial charge < -0.3 is 19.1 Å². The predicted octanol–water partition coefficient (Wildman–Crippen LogP) is 7.16. The molecule has 3 aliphatic carbocycles. The van der Waals surface area contributed by atoms with E-state index in [1.807, 2.05) is 6.07 Å². The average Bonchev–Trinajstić information content (AvgIpc) is 3.33. The maximum absolute atomic E-state index is 13.3. The number of methoxy groups -OCH3 is 1. The molecular formula is C32H43F9N2O4. The van der Waals surface area contributed by atoms with Crippen LogP contribution in [0.3, 0.4) is 0 Å². The number of hydrogen-bond acceptors (Lipinski definition) is 5. The van der Waals surface area contributed by atoms with Crippen molar-refractivity contribution in [3.8, 4) is 5.75 Å². The number of halogens is 9. The number of rotatable bonds is 12. The molecule has 1 aromatic rings. The van der Waals surface area contributed by atoms with Gasteiger partial charge in [0.2, 0.25) is 5.91 Å². The molecule has 0 radical (unpaired) electrons. The van der Waals surface area contributed by atoms with E-state index in [0.717, 1.165) is 49.2 Å². The fraction of sp³-hybridized carbons (Fsp3) is 0.781. The maximum Gasteiger partial charge on any atom is 0.435 e. The van der Waals surface area contributed by atoms with Crippen LogP contribution in [0.5, 0.6) is 5.75 Å². The molecule has 1 amide bonds. The van der Waals surface area contributed by atoms with Gasteiger partial charge in [0, 0.05) is 39.7 Å². The van der Waals surface area contributed by atoms with Crippen molar-refractivity contribution in [3.05, 3.63) is 29.3 Å². The molecule has 268 valence electrons. The molecule has 0 saturated heterocycles. The van der Waals surface area contributed by atoms with Gasteiger partial charge in [-0.25, -0.2) is 0 Å². The van der Waals surface area contributed by atoms with Gasteiger partial charge in [0.1, 0.15) is 5.75 Å². The summed E-state index contributed by atoms with van der Waals surface area (Å²) in [5.41, 5.74) is -3.96. The molecule has 15 heteroatoms. The van der Waals surface area contributed by atoms with Crippen LogP contribution in [0.15, 0.2) is 18.2 Å². The van der Waals surface area contributed by atoms with Gasteiger partial charge in [-0.3, -0.25) is 9.69 Å². The molecule has 4 rings (SSSR count). The predicted molar refractivity (Wildman–Crippen MR) is 154 cm³/mol. The molecule has 0 N–H and O–H groups in total. The number of amides is 1. The Morgan fingerprint density at radius 3 is 2.28 bits per heavy atom. The first-order chi connectivity index (χ1) is 22.3. The second kappa shape index (κ2) is 13.9. The van der Waals surface area contributed by atoms with E-state index in [1.54, 1.807) is 11.9 Å². The monoisotopic (exact) mass is 691 g/mol. The third-order valence-electron chi connectivity index (χ3n) is 10.6. The fourth-order valence-corrected chi connectivity index (χ4v) is 8.29. The van der Waals surface area contributed by atoms with Crippen LogP contribution in [0.4, 0.5) is 39.5 Å². The van der Waals surface area contributed by atoms with Crippen LogP contribution in [-0.2, 0) is 20.7 Å². The van der Waals surface area contributed by atoms with Gasteiger partial charge >= 0.3 is 24.1 Å². The lowest BCUT2D eigenvalue weighted by atomic mass is 9.55. The highest BCUT2D eigenvalue weighted by Gasteiger charge is 2.85. The molecule has 0 aromatic heterocycles. The Morgan fingerprint density at radius 1 is 0.957 bits per heavy atom. The molecule has 5 atom stereocenters. The van der Waals surface area contributed by atoms with Gasteiger partial charge in [0.05, 0.1) is 21.1 Å². The van der Waals surface area contributed by atoms with E-state index >= 15 is 0 Å². The summed E-state index contributed by atoms with van der Waals surface area (Å²) in [6.07, 6.45) is -14.4. The number of alkyl halides is 9. The van der Waals surface area contributed by atoms with E-state index in [4.69, 9.17) is 10.8 Å². The number of nitrogens with zero attached hydrogens (tertiary/aromatic N) is 2. The largest absolute Gasteiger partial charge is 0.493 e. The first-order valence-corrected chi connectivity index (χ1v) is 15.7. The number of ether oxygens (including phenoxy) is 3. The lowest BCUT2D eigenvalue weighted by Crippen LogP contribution is -2.68. The highest BCUT2D eigenvalue weighted by molar-refractivity contribution is 5.78. The molecule has 1 aromatic carbocycles. The van der Waals surface area contributed by atoms with Crippen LogP contribution in [0, 0.1) is 17.3 Å². The number of hydrogen-bond donors (Lipinski definition) is 0. The summed E-state index contributed by atoms with van der Waals surface area (Å²) in [6, 6.07) is 6.09. The Balaban J connectivity index is 1.35. The zero-order valence-electron chi connectivity index (χ0n) is 27.7. The van der Waals surface area contributed by atoms with E-state index in [9.17, 15) is 44.3 Å². The summed E-state index contributed by atoms with van der Waals surface area (Å²) < 4.78 is 140. The number of likely N-dealkylation sites (N-methyl/N-ethyl adjacent to an activating group) is 2. The minimum absolute atomic E-state index is 0.0760. The van der Waals surface area contributed by atoms with E-state index in [0.29, 0.717) is 37.4 Å². The third-order valence-corrected chi connectivity index (χ3v) is 10.6. The van der Waals surface area contributed by atoms with Gasteiger partial charge in [0.15, 0.2) is 0 Å². The van der Waals surface area contributed by atoms with E-state index in [2.05, 4.69) is 23.8 Å². The summed E-state index contributed by atoms with van der Waals surface area (Å²) in [5.74, 6) is 1.48. The van der Waals surface area contributed by atoms with Crippen LogP contribution >= 0.6 is 0 Å². The van der Waals surface area contributed by atoms with Crippen LogP contribution in [-0.4, -0.2) is 100.0 Å². The second-order valence-corrected chi connectivity index (χ2v) is 13.3. The zero-order chi connectivity index (χ0) is 35.7. The second-order valence-electron chi connectivity index (χ2n) is 13.3. The molecule has 3 aliphatic rings. The van der Waals surface area contributed by atoms with Crippen LogP contribution in [0.2, 0.25) is 0 Å². The summed E-state index contributed by atoms with van der Waals surface area (Å²) in [5, 5.41) is 0. The Kier molecular flexibility index (Phi) is 10.7. The molecule has 0 aliphatic heterocycles. The fourth-order valence-electron chi connectivity index (χ4n) is 8.29. The van der Waals surface area contributed by atoms with Gasteiger partial charge in [-0.15, -0.1) is 0 Å². The van der Waals surface area contributed by atoms with Gasteiger partial charge in [0.25, 0.3) is 0 Å². The van der Waals surface area contributed by atoms with Crippen LogP contribution in [0.1, 0.15) is 63.9 Å². The quantitative estimate of drug-likeness (QED) is 0.172. The summed E-state index contributed by atoms with van der Waals surface area (Å²) >= 11 is 0. The van der Waals surface area contributed by atoms with Crippen molar-refractivity contribution in [1.29, 1.82) is 0 Å². The van der Waals surface area contributed by atoms with E-state index in [1.165, 1.54) is 18.2 Å². The SMILES string of the molecule is [2H]COCCCOc1ccc2c(c1)CCC1C2CC[C@@]2(C)C1CC[C@@H]2N(C)C(=O)CN(C)CCOC(C(F)(F)F)(C(F)(F)F)C(F)(F)F. The van der Waals surface area contributed by atoms with Gasteiger partial charge in [-0.05, 0) is 92.0 Å². The topological polar surface area (TPSA) is 51.2 Å². The van der Waals surface area contributed by atoms with Crippen molar-refractivity contribution in [1.82, 2.24) is 9.80 Å². The Hall–Kier alpha value is -2.26.